The van der Waals surface area contributed by atoms with E-state index in [0.717, 1.165) is 19.3 Å². The SMILES string of the molecule is CCCCC=CCCC(C)C(=O)OC(C)(C)C. The van der Waals surface area contributed by atoms with Crippen molar-refractivity contribution < 1.29 is 9.53 Å². The van der Waals surface area contributed by atoms with E-state index in [1.807, 2.05) is 27.7 Å². The van der Waals surface area contributed by atoms with E-state index in [0.29, 0.717) is 0 Å². The highest BCUT2D eigenvalue weighted by Crippen LogP contribution is 2.14. The largest absolute Gasteiger partial charge is 0.460 e. The predicted molar refractivity (Wildman–Crippen MR) is 72.9 cm³/mol. The Labute approximate surface area is 106 Å². The summed E-state index contributed by atoms with van der Waals surface area (Å²) in [5, 5.41) is 0. The number of esters is 1. The maximum absolute atomic E-state index is 11.7. The van der Waals surface area contributed by atoms with Gasteiger partial charge >= 0.3 is 5.97 Å². The summed E-state index contributed by atoms with van der Waals surface area (Å²) in [6, 6.07) is 0. The molecule has 0 saturated heterocycles. The lowest BCUT2D eigenvalue weighted by Gasteiger charge is -2.22. The Morgan fingerprint density at radius 3 is 2.35 bits per heavy atom. The quantitative estimate of drug-likeness (QED) is 0.372. The zero-order valence-electron chi connectivity index (χ0n) is 12.1. The zero-order valence-corrected chi connectivity index (χ0v) is 12.1. The highest BCUT2D eigenvalue weighted by Gasteiger charge is 2.20. The fourth-order valence-electron chi connectivity index (χ4n) is 1.42. The average molecular weight is 240 g/mol. The summed E-state index contributed by atoms with van der Waals surface area (Å²) in [6.45, 7) is 9.85. The average Bonchev–Trinajstić information content (AvgIpc) is 2.20. The van der Waals surface area contributed by atoms with Crippen LogP contribution in [0.25, 0.3) is 0 Å². The van der Waals surface area contributed by atoms with E-state index >= 15 is 0 Å². The second-order valence-electron chi connectivity index (χ2n) is 5.63. The maximum Gasteiger partial charge on any atom is 0.309 e. The van der Waals surface area contributed by atoms with Gasteiger partial charge in [0.1, 0.15) is 5.60 Å². The van der Waals surface area contributed by atoms with E-state index in [1.54, 1.807) is 0 Å². The molecule has 0 amide bonds. The smallest absolute Gasteiger partial charge is 0.309 e. The van der Waals surface area contributed by atoms with E-state index in [2.05, 4.69) is 19.1 Å². The number of allylic oxidation sites excluding steroid dienone is 2. The number of hydrogen-bond acceptors (Lipinski definition) is 2. The summed E-state index contributed by atoms with van der Waals surface area (Å²) >= 11 is 0. The fourth-order valence-corrected chi connectivity index (χ4v) is 1.42. The molecule has 0 aromatic carbocycles. The van der Waals surface area contributed by atoms with E-state index < -0.39 is 0 Å². The third kappa shape index (κ3) is 10.1. The van der Waals surface area contributed by atoms with Crippen LogP contribution in [0.2, 0.25) is 0 Å². The van der Waals surface area contributed by atoms with Crippen LogP contribution >= 0.6 is 0 Å². The minimum absolute atomic E-state index is 0.00921. The van der Waals surface area contributed by atoms with Crippen molar-refractivity contribution in [2.24, 2.45) is 5.92 Å². The van der Waals surface area contributed by atoms with Gasteiger partial charge in [-0.2, -0.15) is 0 Å². The van der Waals surface area contributed by atoms with Crippen LogP contribution in [-0.4, -0.2) is 11.6 Å². The third-order valence-electron chi connectivity index (χ3n) is 2.47. The number of carbonyl (C=O) groups is 1. The van der Waals surface area contributed by atoms with Crippen LogP contribution in [0, 0.1) is 5.92 Å². The Kier molecular flexibility index (Phi) is 7.94. The lowest BCUT2D eigenvalue weighted by Crippen LogP contribution is -2.27. The van der Waals surface area contributed by atoms with Crippen LogP contribution in [0.4, 0.5) is 0 Å². The van der Waals surface area contributed by atoms with Gasteiger partial charge in [0.25, 0.3) is 0 Å². The molecule has 0 aliphatic heterocycles. The molecule has 0 aromatic rings. The Bertz CT molecular complexity index is 236. The van der Waals surface area contributed by atoms with E-state index in [1.165, 1.54) is 12.8 Å². The molecule has 0 radical (unpaired) electrons. The molecular weight excluding hydrogens is 212 g/mol. The molecule has 0 saturated carbocycles. The fraction of sp³-hybridized carbons (Fsp3) is 0.800. The highest BCUT2D eigenvalue weighted by molar-refractivity contribution is 5.72. The normalized spacial score (nSPS) is 13.9. The van der Waals surface area contributed by atoms with Gasteiger partial charge in [0.2, 0.25) is 0 Å². The van der Waals surface area contributed by atoms with Crippen molar-refractivity contribution in [2.75, 3.05) is 0 Å². The van der Waals surface area contributed by atoms with Gasteiger partial charge in [0, 0.05) is 0 Å². The lowest BCUT2D eigenvalue weighted by molar-refractivity contribution is -0.159. The molecule has 0 aromatic heterocycles. The second kappa shape index (κ2) is 8.32. The first-order valence-electron chi connectivity index (χ1n) is 6.74. The zero-order chi connectivity index (χ0) is 13.3. The molecule has 0 N–H and O–H groups in total. The van der Waals surface area contributed by atoms with Gasteiger partial charge in [-0.05, 0) is 40.0 Å². The van der Waals surface area contributed by atoms with Crippen molar-refractivity contribution >= 4 is 5.97 Å². The van der Waals surface area contributed by atoms with Gasteiger partial charge in [-0.1, -0.05) is 38.8 Å². The minimum Gasteiger partial charge on any atom is -0.460 e. The van der Waals surface area contributed by atoms with Crippen LogP contribution < -0.4 is 0 Å². The van der Waals surface area contributed by atoms with E-state index in [4.69, 9.17) is 4.74 Å². The molecule has 0 heterocycles. The standard InChI is InChI=1S/C15H28O2/c1-6-7-8-9-10-11-12-13(2)14(16)17-15(3,4)5/h9-10,13H,6-8,11-12H2,1-5H3. The minimum atomic E-state index is -0.373. The van der Waals surface area contributed by atoms with Crippen molar-refractivity contribution in [1.29, 1.82) is 0 Å². The molecule has 2 heteroatoms. The monoisotopic (exact) mass is 240 g/mol. The number of ether oxygens (including phenoxy) is 1. The molecule has 0 fully saturated rings. The maximum atomic E-state index is 11.7. The molecule has 0 rings (SSSR count). The number of carbonyl (C=O) groups excluding carboxylic acids is 1. The van der Waals surface area contributed by atoms with Gasteiger partial charge in [0.05, 0.1) is 5.92 Å². The molecule has 2 nitrogen and oxygen atoms in total. The van der Waals surface area contributed by atoms with Crippen molar-refractivity contribution in [1.82, 2.24) is 0 Å². The van der Waals surface area contributed by atoms with Gasteiger partial charge < -0.3 is 4.74 Å². The van der Waals surface area contributed by atoms with Crippen molar-refractivity contribution in [3.05, 3.63) is 12.2 Å². The summed E-state index contributed by atoms with van der Waals surface area (Å²) in [7, 11) is 0. The van der Waals surface area contributed by atoms with E-state index in [-0.39, 0.29) is 17.5 Å². The van der Waals surface area contributed by atoms with Crippen LogP contribution in [-0.2, 0) is 9.53 Å². The first-order valence-corrected chi connectivity index (χ1v) is 6.74. The number of unbranched alkanes of at least 4 members (excludes halogenated alkanes) is 2. The van der Waals surface area contributed by atoms with E-state index in [9.17, 15) is 4.79 Å². The predicted octanol–water partition coefficient (Wildman–Crippen LogP) is 4.49. The first kappa shape index (κ1) is 16.2. The van der Waals surface area contributed by atoms with Gasteiger partial charge in [-0.15, -0.1) is 0 Å². The topological polar surface area (TPSA) is 26.3 Å². The molecule has 0 aliphatic rings. The van der Waals surface area contributed by atoms with Crippen molar-refractivity contribution in [2.45, 2.75) is 72.3 Å². The lowest BCUT2D eigenvalue weighted by atomic mass is 10.0. The molecule has 100 valence electrons. The third-order valence-corrected chi connectivity index (χ3v) is 2.47. The van der Waals surface area contributed by atoms with Gasteiger partial charge in [-0.25, -0.2) is 0 Å². The molecule has 17 heavy (non-hydrogen) atoms. The van der Waals surface area contributed by atoms with Crippen LogP contribution in [0.1, 0.15) is 66.7 Å². The molecule has 0 spiro atoms. The van der Waals surface area contributed by atoms with Gasteiger partial charge in [0.15, 0.2) is 0 Å². The Morgan fingerprint density at radius 1 is 1.24 bits per heavy atom. The number of hydrogen-bond donors (Lipinski definition) is 0. The molecule has 0 aliphatic carbocycles. The van der Waals surface area contributed by atoms with Crippen molar-refractivity contribution in [3.8, 4) is 0 Å². The molecule has 0 bridgehead atoms. The Balaban J connectivity index is 3.75. The highest BCUT2D eigenvalue weighted by atomic mass is 16.6. The van der Waals surface area contributed by atoms with Crippen LogP contribution in [0.5, 0.6) is 0 Å². The summed E-state index contributed by atoms with van der Waals surface area (Å²) in [5.41, 5.74) is -0.373. The van der Waals surface area contributed by atoms with Gasteiger partial charge in [-0.3, -0.25) is 4.79 Å². The second-order valence-corrected chi connectivity index (χ2v) is 5.63. The number of rotatable bonds is 7. The molecule has 1 unspecified atom stereocenters. The first-order chi connectivity index (χ1) is 7.87. The summed E-state index contributed by atoms with van der Waals surface area (Å²) < 4.78 is 5.33. The summed E-state index contributed by atoms with van der Waals surface area (Å²) in [5.74, 6) is -0.0930. The van der Waals surface area contributed by atoms with Crippen LogP contribution in [0.3, 0.4) is 0 Å². The summed E-state index contributed by atoms with van der Waals surface area (Å²) in [4.78, 5) is 11.7. The summed E-state index contributed by atoms with van der Waals surface area (Å²) in [6.07, 6.45) is 9.86. The molecule has 1 atom stereocenters. The Hall–Kier alpha value is -0.790. The molecular formula is C15H28O2. The Morgan fingerprint density at radius 2 is 1.82 bits per heavy atom. The van der Waals surface area contributed by atoms with Crippen molar-refractivity contribution in [3.63, 3.8) is 0 Å². The van der Waals surface area contributed by atoms with Crippen LogP contribution in [0.15, 0.2) is 12.2 Å².